The summed E-state index contributed by atoms with van der Waals surface area (Å²) in [6.07, 6.45) is 0.561. The van der Waals surface area contributed by atoms with Gasteiger partial charge in [-0.2, -0.15) is 13.5 Å². The Morgan fingerprint density at radius 3 is 2.12 bits per heavy atom. The molecule has 0 bridgehead atoms. The number of amides is 1. The zero-order valence-electron chi connectivity index (χ0n) is 14.3. The van der Waals surface area contributed by atoms with Crippen LogP contribution in [-0.2, 0) is 21.2 Å². The summed E-state index contributed by atoms with van der Waals surface area (Å²) in [5.41, 5.74) is 1.15. The van der Waals surface area contributed by atoms with Crippen LogP contribution in [0, 0.1) is 0 Å². The molecule has 2 aromatic carbocycles. The highest BCUT2D eigenvalue weighted by molar-refractivity contribution is 7.89. The fourth-order valence-electron chi connectivity index (χ4n) is 2.36. The van der Waals surface area contributed by atoms with Gasteiger partial charge in [0.2, 0.25) is 10.0 Å². The average Bonchev–Trinajstić information content (AvgIpc) is 2.59. The molecule has 0 radical (unpaired) electrons. The first-order valence-corrected chi connectivity index (χ1v) is 9.36. The molecule has 0 saturated carbocycles. The summed E-state index contributed by atoms with van der Waals surface area (Å²) in [5.74, 6) is -0.444. The number of carbonyl (C=O) groups excluding carboxylic acids is 2. The van der Waals surface area contributed by atoms with E-state index in [1.807, 2.05) is 13.0 Å². The molecular weight excluding hydrogens is 372 g/mol. The summed E-state index contributed by atoms with van der Waals surface area (Å²) >= 11 is 0. The Bertz CT molecular complexity index is 851. The van der Waals surface area contributed by atoms with E-state index >= 15 is 0 Å². The van der Waals surface area contributed by atoms with Crippen LogP contribution in [0.1, 0.15) is 29.3 Å². The molecule has 2 aromatic rings. The molecule has 3 N–H and O–H groups in total. The smallest absolute Gasteiger partial charge is 0.251 e. The average molecular weight is 395 g/mol. The monoisotopic (exact) mass is 394 g/mol. The Kier molecular flexibility index (Phi) is 8.01. The molecule has 0 unspecified atom stereocenters. The van der Waals surface area contributed by atoms with E-state index < -0.39 is 16.1 Å². The third kappa shape index (κ3) is 5.98. The van der Waals surface area contributed by atoms with Crippen molar-refractivity contribution in [3.8, 4) is 0 Å². The van der Waals surface area contributed by atoms with Gasteiger partial charge in [-0.3, -0.25) is 9.59 Å². The van der Waals surface area contributed by atoms with Crippen molar-refractivity contribution in [3.05, 3.63) is 65.7 Å². The van der Waals surface area contributed by atoms with Crippen molar-refractivity contribution < 1.29 is 18.0 Å². The summed E-state index contributed by atoms with van der Waals surface area (Å²) in [4.78, 5) is 24.6. The van der Waals surface area contributed by atoms with Crippen molar-refractivity contribution in [2.75, 3.05) is 0 Å². The standard InChI is InChI=1S/C18H20N2O4S.H2S/c1-2-16(20-18(22)14-6-4-3-5-7-14)17(21)12-13-8-10-15(11-9-13)25(19,23)24;/h3-11,16H,2,12H2,1H3,(H,20,22)(H2,19,23,24);1H2/t16-;/m0./s1. The Morgan fingerprint density at radius 1 is 1.04 bits per heavy atom. The highest BCUT2D eigenvalue weighted by Crippen LogP contribution is 2.11. The molecule has 1 atom stereocenters. The number of hydrogen-bond acceptors (Lipinski definition) is 4. The second-order valence-corrected chi connectivity index (χ2v) is 7.19. The van der Waals surface area contributed by atoms with Crippen molar-refractivity contribution in [2.45, 2.75) is 30.7 Å². The van der Waals surface area contributed by atoms with E-state index in [-0.39, 0.29) is 36.5 Å². The molecule has 0 aliphatic rings. The summed E-state index contributed by atoms with van der Waals surface area (Å²) in [6, 6.07) is 13.9. The lowest BCUT2D eigenvalue weighted by Crippen LogP contribution is -2.41. The minimum absolute atomic E-state index is 0. The number of hydrogen-bond donors (Lipinski definition) is 2. The van der Waals surface area contributed by atoms with E-state index in [0.29, 0.717) is 17.5 Å². The first kappa shape index (κ1) is 21.9. The largest absolute Gasteiger partial charge is 0.342 e. The second kappa shape index (κ2) is 9.51. The van der Waals surface area contributed by atoms with Crippen LogP contribution in [0.25, 0.3) is 0 Å². The number of rotatable bonds is 7. The van der Waals surface area contributed by atoms with Crippen LogP contribution in [0.15, 0.2) is 59.5 Å². The minimum Gasteiger partial charge on any atom is -0.342 e. The van der Waals surface area contributed by atoms with Crippen molar-refractivity contribution in [2.24, 2.45) is 5.14 Å². The van der Waals surface area contributed by atoms with Crippen LogP contribution in [0.3, 0.4) is 0 Å². The molecule has 0 aliphatic heterocycles. The first-order valence-electron chi connectivity index (χ1n) is 7.81. The molecule has 6 nitrogen and oxygen atoms in total. The van der Waals surface area contributed by atoms with Crippen LogP contribution in [-0.4, -0.2) is 26.2 Å². The molecule has 8 heteroatoms. The van der Waals surface area contributed by atoms with E-state index in [9.17, 15) is 18.0 Å². The van der Waals surface area contributed by atoms with Crippen molar-refractivity contribution in [1.29, 1.82) is 0 Å². The molecule has 2 rings (SSSR count). The van der Waals surface area contributed by atoms with Gasteiger partial charge < -0.3 is 5.32 Å². The number of primary sulfonamides is 1. The van der Waals surface area contributed by atoms with E-state index in [1.54, 1.807) is 36.4 Å². The molecule has 0 saturated heterocycles. The van der Waals surface area contributed by atoms with Gasteiger partial charge in [0.05, 0.1) is 10.9 Å². The maximum absolute atomic E-state index is 12.4. The van der Waals surface area contributed by atoms with Crippen LogP contribution in [0.2, 0.25) is 0 Å². The van der Waals surface area contributed by atoms with Crippen molar-refractivity contribution in [3.63, 3.8) is 0 Å². The van der Waals surface area contributed by atoms with Gasteiger partial charge in [-0.1, -0.05) is 37.3 Å². The van der Waals surface area contributed by atoms with Gasteiger partial charge in [0, 0.05) is 12.0 Å². The van der Waals surface area contributed by atoms with E-state index in [0.717, 1.165) is 0 Å². The van der Waals surface area contributed by atoms with E-state index in [2.05, 4.69) is 5.32 Å². The second-order valence-electron chi connectivity index (χ2n) is 5.63. The molecular formula is C18H22N2O4S2. The predicted molar refractivity (Wildman–Crippen MR) is 105 cm³/mol. The van der Waals surface area contributed by atoms with Crippen LogP contribution in [0.4, 0.5) is 0 Å². The zero-order valence-corrected chi connectivity index (χ0v) is 16.1. The van der Waals surface area contributed by atoms with Gasteiger partial charge in [-0.25, -0.2) is 13.6 Å². The normalized spacial score (nSPS) is 11.9. The topological polar surface area (TPSA) is 106 Å². The number of sulfonamides is 1. The van der Waals surface area contributed by atoms with Gasteiger partial charge in [0.15, 0.2) is 5.78 Å². The lowest BCUT2D eigenvalue weighted by atomic mass is 10.0. The van der Waals surface area contributed by atoms with Crippen molar-refractivity contribution >= 4 is 35.2 Å². The van der Waals surface area contributed by atoms with Gasteiger partial charge in [-0.05, 0) is 36.2 Å². The SMILES string of the molecule is CC[C@H](NC(=O)c1ccccc1)C(=O)Cc1ccc(S(N)(=O)=O)cc1.S. The summed E-state index contributed by atoms with van der Waals surface area (Å²) in [6.45, 7) is 1.82. The van der Waals surface area contributed by atoms with Crippen molar-refractivity contribution in [1.82, 2.24) is 5.32 Å². The maximum atomic E-state index is 12.4. The van der Waals surface area contributed by atoms with Gasteiger partial charge >= 0.3 is 0 Å². The Labute approximate surface area is 160 Å². The highest BCUT2D eigenvalue weighted by Gasteiger charge is 2.20. The first-order chi connectivity index (χ1) is 11.8. The quantitative estimate of drug-likeness (QED) is 0.746. The van der Waals surface area contributed by atoms with Gasteiger partial charge in [0.1, 0.15) is 0 Å². The third-order valence-electron chi connectivity index (χ3n) is 3.77. The van der Waals surface area contributed by atoms with Gasteiger partial charge in [-0.15, -0.1) is 0 Å². The molecule has 0 heterocycles. The Hall–Kier alpha value is -2.16. The molecule has 0 fully saturated rings. The summed E-state index contributed by atoms with van der Waals surface area (Å²) in [7, 11) is -3.76. The number of benzene rings is 2. The number of Topliss-reactive ketones (excluding diaryl/α,β-unsaturated/α-hetero) is 1. The summed E-state index contributed by atoms with van der Waals surface area (Å²) in [5, 5.41) is 7.78. The fourth-order valence-corrected chi connectivity index (χ4v) is 2.88. The maximum Gasteiger partial charge on any atom is 0.251 e. The van der Waals surface area contributed by atoms with Gasteiger partial charge in [0.25, 0.3) is 5.91 Å². The molecule has 26 heavy (non-hydrogen) atoms. The van der Waals surface area contributed by atoms with Crippen LogP contribution >= 0.6 is 13.5 Å². The lowest BCUT2D eigenvalue weighted by molar-refractivity contribution is -0.120. The predicted octanol–water partition coefficient (Wildman–Crippen LogP) is 1.77. The number of nitrogens with two attached hydrogens (primary N) is 1. The minimum atomic E-state index is -3.76. The summed E-state index contributed by atoms with van der Waals surface area (Å²) < 4.78 is 22.5. The molecule has 0 spiro atoms. The van der Waals surface area contributed by atoms with Crippen LogP contribution in [0.5, 0.6) is 0 Å². The lowest BCUT2D eigenvalue weighted by Gasteiger charge is -2.16. The molecule has 140 valence electrons. The number of nitrogens with one attached hydrogen (secondary N) is 1. The zero-order chi connectivity index (χ0) is 18.4. The Morgan fingerprint density at radius 2 is 1.62 bits per heavy atom. The Balaban J connectivity index is 0.00000338. The number of carbonyl (C=O) groups is 2. The highest BCUT2D eigenvalue weighted by atomic mass is 32.2. The third-order valence-corrected chi connectivity index (χ3v) is 4.70. The van der Waals surface area contributed by atoms with E-state index in [1.165, 1.54) is 12.1 Å². The fraction of sp³-hybridized carbons (Fsp3) is 0.222. The molecule has 0 aliphatic carbocycles. The van der Waals surface area contributed by atoms with E-state index in [4.69, 9.17) is 5.14 Å². The molecule has 1 amide bonds. The molecule has 0 aromatic heterocycles. The van der Waals surface area contributed by atoms with Crippen LogP contribution < -0.4 is 10.5 Å². The number of ketones is 1.